The van der Waals surface area contributed by atoms with Crippen molar-refractivity contribution in [3.05, 3.63) is 72.3 Å². The van der Waals surface area contributed by atoms with Gasteiger partial charge in [0.1, 0.15) is 5.75 Å². The third kappa shape index (κ3) is 4.92. The molecule has 1 unspecified atom stereocenters. The quantitative estimate of drug-likeness (QED) is 0.633. The first-order chi connectivity index (χ1) is 14.0. The van der Waals surface area contributed by atoms with Gasteiger partial charge in [0.15, 0.2) is 0 Å². The predicted molar refractivity (Wildman–Crippen MR) is 115 cm³/mol. The standard InChI is InChI=1S/C23H25N3O3/c1-26(2)21(20-13-6-9-16-8-4-5-12-19(16)20)15-24-22(27)23(28)25-17-10-7-11-18(14-17)29-3/h4-14,21H,15H2,1-3H3,(H,24,27)(H,25,28). The molecular formula is C23H25N3O3. The summed E-state index contributed by atoms with van der Waals surface area (Å²) in [5.74, 6) is -0.791. The number of rotatable bonds is 6. The van der Waals surface area contributed by atoms with Crippen LogP contribution < -0.4 is 15.4 Å². The van der Waals surface area contributed by atoms with Gasteiger partial charge in [0.05, 0.1) is 13.2 Å². The molecule has 2 amide bonds. The Hall–Kier alpha value is -3.38. The highest BCUT2D eigenvalue weighted by molar-refractivity contribution is 6.39. The normalized spacial score (nSPS) is 11.9. The summed E-state index contributed by atoms with van der Waals surface area (Å²) >= 11 is 0. The fourth-order valence-corrected chi connectivity index (χ4v) is 3.27. The number of hydrogen-bond acceptors (Lipinski definition) is 4. The fraction of sp³-hybridized carbons (Fsp3) is 0.217. The van der Waals surface area contributed by atoms with Crippen molar-refractivity contribution in [1.82, 2.24) is 10.2 Å². The Morgan fingerprint density at radius 2 is 1.69 bits per heavy atom. The van der Waals surface area contributed by atoms with Crippen LogP contribution >= 0.6 is 0 Å². The van der Waals surface area contributed by atoms with Gasteiger partial charge in [-0.1, -0.05) is 48.5 Å². The van der Waals surface area contributed by atoms with Gasteiger partial charge >= 0.3 is 11.8 Å². The Bertz CT molecular complexity index is 1010. The first kappa shape index (κ1) is 20.4. The number of amides is 2. The molecule has 0 heterocycles. The van der Waals surface area contributed by atoms with Crippen LogP contribution in [0.1, 0.15) is 11.6 Å². The first-order valence-corrected chi connectivity index (χ1v) is 9.37. The number of benzene rings is 3. The number of ether oxygens (including phenoxy) is 1. The molecule has 0 aromatic heterocycles. The van der Waals surface area contributed by atoms with Crippen LogP contribution in [0.25, 0.3) is 10.8 Å². The minimum absolute atomic E-state index is 0.0744. The lowest BCUT2D eigenvalue weighted by Gasteiger charge is -2.26. The number of anilines is 1. The second-order valence-corrected chi connectivity index (χ2v) is 6.94. The van der Waals surface area contributed by atoms with E-state index in [9.17, 15) is 9.59 Å². The molecule has 6 nitrogen and oxygen atoms in total. The second-order valence-electron chi connectivity index (χ2n) is 6.94. The summed E-state index contributed by atoms with van der Waals surface area (Å²) in [6.45, 7) is 0.311. The Labute approximate surface area is 170 Å². The van der Waals surface area contributed by atoms with E-state index in [4.69, 9.17) is 4.74 Å². The molecule has 0 aliphatic carbocycles. The van der Waals surface area contributed by atoms with Crippen LogP contribution in [0.2, 0.25) is 0 Å². The van der Waals surface area contributed by atoms with Crippen LogP contribution in [0.3, 0.4) is 0 Å². The van der Waals surface area contributed by atoms with E-state index in [1.54, 1.807) is 31.4 Å². The van der Waals surface area contributed by atoms with Gasteiger partial charge in [-0.25, -0.2) is 0 Å². The first-order valence-electron chi connectivity index (χ1n) is 9.37. The lowest BCUT2D eigenvalue weighted by molar-refractivity contribution is -0.136. The fourth-order valence-electron chi connectivity index (χ4n) is 3.27. The smallest absolute Gasteiger partial charge is 0.313 e. The maximum Gasteiger partial charge on any atom is 0.313 e. The molecule has 29 heavy (non-hydrogen) atoms. The van der Waals surface area contributed by atoms with Crippen LogP contribution in [0, 0.1) is 0 Å². The van der Waals surface area contributed by atoms with Crippen LogP contribution in [0.4, 0.5) is 5.69 Å². The number of carbonyl (C=O) groups is 2. The number of nitrogens with zero attached hydrogens (tertiary/aromatic N) is 1. The molecule has 0 saturated heterocycles. The van der Waals surface area contributed by atoms with E-state index in [1.807, 2.05) is 37.2 Å². The molecule has 0 aliphatic rings. The van der Waals surface area contributed by atoms with E-state index in [0.717, 1.165) is 16.3 Å². The molecule has 0 saturated carbocycles. The third-order valence-corrected chi connectivity index (χ3v) is 4.80. The lowest BCUT2D eigenvalue weighted by atomic mass is 9.98. The van der Waals surface area contributed by atoms with Crippen molar-refractivity contribution in [2.24, 2.45) is 0 Å². The number of carbonyl (C=O) groups excluding carboxylic acids is 2. The monoisotopic (exact) mass is 391 g/mol. The highest BCUT2D eigenvalue weighted by Gasteiger charge is 2.20. The van der Waals surface area contributed by atoms with E-state index in [2.05, 4.69) is 34.9 Å². The zero-order chi connectivity index (χ0) is 20.8. The van der Waals surface area contributed by atoms with E-state index in [1.165, 1.54) is 0 Å². The molecule has 150 valence electrons. The van der Waals surface area contributed by atoms with Crippen molar-refractivity contribution < 1.29 is 14.3 Å². The summed E-state index contributed by atoms with van der Waals surface area (Å²) in [5.41, 5.74) is 1.60. The summed E-state index contributed by atoms with van der Waals surface area (Å²) in [5, 5.41) is 7.61. The molecule has 3 aromatic carbocycles. The molecule has 0 bridgehead atoms. The molecule has 3 aromatic rings. The molecule has 0 radical (unpaired) electrons. The Balaban J connectivity index is 1.70. The molecule has 0 spiro atoms. The van der Waals surface area contributed by atoms with Crippen LogP contribution in [0.5, 0.6) is 5.75 Å². The Morgan fingerprint density at radius 3 is 2.45 bits per heavy atom. The largest absolute Gasteiger partial charge is 0.497 e. The van der Waals surface area contributed by atoms with Crippen molar-refractivity contribution >= 4 is 28.3 Å². The van der Waals surface area contributed by atoms with Gasteiger partial charge in [-0.15, -0.1) is 0 Å². The van der Waals surface area contributed by atoms with Crippen molar-refractivity contribution in [2.45, 2.75) is 6.04 Å². The molecular weight excluding hydrogens is 366 g/mol. The molecule has 3 rings (SSSR count). The summed E-state index contributed by atoms with van der Waals surface area (Å²) in [6.07, 6.45) is 0. The number of fused-ring (bicyclic) bond motifs is 1. The van der Waals surface area contributed by atoms with E-state index in [-0.39, 0.29) is 6.04 Å². The number of likely N-dealkylation sites (N-methyl/N-ethyl adjacent to an activating group) is 1. The summed E-state index contributed by atoms with van der Waals surface area (Å²) < 4.78 is 5.13. The van der Waals surface area contributed by atoms with Gasteiger partial charge in [0.2, 0.25) is 0 Å². The van der Waals surface area contributed by atoms with Gasteiger partial charge in [0, 0.05) is 18.3 Å². The SMILES string of the molecule is COc1cccc(NC(=O)C(=O)NCC(c2cccc3ccccc23)N(C)C)c1. The van der Waals surface area contributed by atoms with Gasteiger partial charge in [0.25, 0.3) is 0 Å². The highest BCUT2D eigenvalue weighted by Crippen LogP contribution is 2.26. The van der Waals surface area contributed by atoms with Gasteiger partial charge < -0.3 is 20.3 Å². The molecule has 1 atom stereocenters. The average Bonchev–Trinajstić information content (AvgIpc) is 2.73. The third-order valence-electron chi connectivity index (χ3n) is 4.80. The maximum atomic E-state index is 12.4. The Kier molecular flexibility index (Phi) is 6.46. The molecule has 2 N–H and O–H groups in total. The van der Waals surface area contributed by atoms with E-state index >= 15 is 0 Å². The van der Waals surface area contributed by atoms with Crippen LogP contribution in [-0.4, -0.2) is 44.5 Å². The minimum atomic E-state index is -0.714. The number of nitrogens with one attached hydrogen (secondary N) is 2. The summed E-state index contributed by atoms with van der Waals surface area (Å²) in [4.78, 5) is 26.6. The lowest BCUT2D eigenvalue weighted by Crippen LogP contribution is -2.40. The van der Waals surface area contributed by atoms with Gasteiger partial charge in [-0.05, 0) is 42.6 Å². The summed E-state index contributed by atoms with van der Waals surface area (Å²) in [6, 6.07) is 21.0. The van der Waals surface area contributed by atoms with Gasteiger partial charge in [-0.2, -0.15) is 0 Å². The van der Waals surface area contributed by atoms with Crippen LogP contribution in [0.15, 0.2) is 66.7 Å². The highest BCUT2D eigenvalue weighted by atomic mass is 16.5. The molecule has 0 fully saturated rings. The molecule has 0 aliphatic heterocycles. The minimum Gasteiger partial charge on any atom is -0.497 e. The van der Waals surface area contributed by atoms with Crippen molar-refractivity contribution in [1.29, 1.82) is 0 Å². The second kappa shape index (κ2) is 9.21. The van der Waals surface area contributed by atoms with Crippen molar-refractivity contribution in [3.63, 3.8) is 0 Å². The maximum absolute atomic E-state index is 12.4. The van der Waals surface area contributed by atoms with Gasteiger partial charge in [-0.3, -0.25) is 9.59 Å². The average molecular weight is 391 g/mol. The molecule has 6 heteroatoms. The van der Waals surface area contributed by atoms with E-state index in [0.29, 0.717) is 18.0 Å². The Morgan fingerprint density at radius 1 is 0.966 bits per heavy atom. The van der Waals surface area contributed by atoms with Crippen LogP contribution in [-0.2, 0) is 9.59 Å². The zero-order valence-corrected chi connectivity index (χ0v) is 16.8. The van der Waals surface area contributed by atoms with E-state index < -0.39 is 11.8 Å². The zero-order valence-electron chi connectivity index (χ0n) is 16.8. The topological polar surface area (TPSA) is 70.7 Å². The van der Waals surface area contributed by atoms with Crippen molar-refractivity contribution in [3.8, 4) is 5.75 Å². The number of methoxy groups -OCH3 is 1. The predicted octanol–water partition coefficient (Wildman–Crippen LogP) is 3.21. The summed E-state index contributed by atoms with van der Waals surface area (Å²) in [7, 11) is 5.45. The number of hydrogen-bond donors (Lipinski definition) is 2. The van der Waals surface area contributed by atoms with Crippen molar-refractivity contribution in [2.75, 3.05) is 33.1 Å².